The van der Waals surface area contributed by atoms with Crippen LogP contribution in [0.4, 0.5) is 5.69 Å². The number of methoxy groups -OCH3 is 1. The van der Waals surface area contributed by atoms with Crippen molar-refractivity contribution in [1.29, 1.82) is 0 Å². The van der Waals surface area contributed by atoms with Crippen LogP contribution in [0, 0.1) is 35.5 Å². The summed E-state index contributed by atoms with van der Waals surface area (Å²) in [5.41, 5.74) is 0.641. The minimum absolute atomic E-state index is 0.0267. The first kappa shape index (κ1) is 16.5. The lowest BCUT2D eigenvalue weighted by molar-refractivity contribution is -0.140. The molecular formula is C21H22N2O4. The summed E-state index contributed by atoms with van der Waals surface area (Å²) in [6, 6.07) is 7.05. The SMILES string of the molecule is COc1ccc(N(CN2C(=O)[C@H]3[C@@H]4C=C[C@@H]([C@H]5C[C@H]45)[C@@H]3C2=O)C(C)=O)cc1. The molecule has 6 rings (SSSR count). The lowest BCUT2D eigenvalue weighted by Crippen LogP contribution is -2.44. The molecule has 6 atom stereocenters. The molecule has 1 aromatic carbocycles. The van der Waals surface area contributed by atoms with Gasteiger partial charge >= 0.3 is 0 Å². The fourth-order valence-electron chi connectivity index (χ4n) is 5.42. The molecule has 3 amide bonds. The van der Waals surface area contributed by atoms with Crippen LogP contribution in [0.1, 0.15) is 13.3 Å². The van der Waals surface area contributed by atoms with E-state index in [1.807, 2.05) is 0 Å². The first-order chi connectivity index (χ1) is 13.0. The van der Waals surface area contributed by atoms with Crippen molar-refractivity contribution in [3.05, 3.63) is 36.4 Å². The molecule has 1 saturated heterocycles. The van der Waals surface area contributed by atoms with Crippen molar-refractivity contribution in [2.45, 2.75) is 13.3 Å². The number of rotatable bonds is 4. The summed E-state index contributed by atoms with van der Waals surface area (Å²) in [5.74, 6) is 1.30. The van der Waals surface area contributed by atoms with E-state index in [9.17, 15) is 14.4 Å². The standard InChI is InChI=1S/C21H22N2O4/c1-11(24)22(12-3-5-13(27-2)6-4-12)10-23-20(25)18-14-7-8-15(17-9-16(14)17)19(18)21(23)26/h3-8,14-19H,9-10H2,1-2H3/t14-,15+,16-,17-,18+,19+/m1/s1. The summed E-state index contributed by atoms with van der Waals surface area (Å²) in [5, 5.41) is 0. The number of benzene rings is 1. The maximum atomic E-state index is 13.1. The summed E-state index contributed by atoms with van der Waals surface area (Å²) in [6.45, 7) is 1.42. The van der Waals surface area contributed by atoms with Crippen LogP contribution in [-0.4, -0.2) is 36.4 Å². The molecule has 6 heteroatoms. The number of anilines is 1. The minimum atomic E-state index is -0.235. The van der Waals surface area contributed by atoms with Gasteiger partial charge in [0.05, 0.1) is 18.9 Å². The highest BCUT2D eigenvalue weighted by Gasteiger charge is 2.67. The highest BCUT2D eigenvalue weighted by molar-refractivity contribution is 6.07. The van der Waals surface area contributed by atoms with Crippen molar-refractivity contribution in [1.82, 2.24) is 4.90 Å². The van der Waals surface area contributed by atoms with Gasteiger partial charge in [0, 0.05) is 12.6 Å². The predicted molar refractivity (Wildman–Crippen MR) is 97.6 cm³/mol. The topological polar surface area (TPSA) is 66.9 Å². The molecular weight excluding hydrogens is 344 g/mol. The van der Waals surface area contributed by atoms with Crippen LogP contribution >= 0.6 is 0 Å². The van der Waals surface area contributed by atoms with E-state index in [-0.39, 0.29) is 48.1 Å². The Morgan fingerprint density at radius 2 is 1.63 bits per heavy atom. The minimum Gasteiger partial charge on any atom is -0.497 e. The highest BCUT2D eigenvalue weighted by Crippen LogP contribution is 2.65. The Balaban J connectivity index is 1.42. The highest BCUT2D eigenvalue weighted by atomic mass is 16.5. The van der Waals surface area contributed by atoms with Crippen LogP contribution in [0.2, 0.25) is 0 Å². The molecule has 0 radical (unpaired) electrons. The third-order valence-electron chi connectivity index (χ3n) is 6.80. The van der Waals surface area contributed by atoms with Crippen molar-refractivity contribution in [3.8, 4) is 5.75 Å². The molecule has 4 aliphatic carbocycles. The zero-order chi connectivity index (χ0) is 18.9. The van der Waals surface area contributed by atoms with Crippen LogP contribution in [0.5, 0.6) is 5.75 Å². The maximum Gasteiger partial charge on any atom is 0.235 e. The number of nitrogens with zero attached hydrogens (tertiary/aromatic N) is 2. The van der Waals surface area contributed by atoms with Crippen molar-refractivity contribution in [2.75, 3.05) is 18.7 Å². The molecule has 0 spiro atoms. The Hall–Kier alpha value is -2.63. The monoisotopic (exact) mass is 366 g/mol. The lowest BCUT2D eigenvalue weighted by atomic mass is 9.63. The number of amides is 3. The molecule has 5 aliphatic rings. The lowest BCUT2D eigenvalue weighted by Gasteiger charge is -2.37. The Morgan fingerprint density at radius 1 is 1.07 bits per heavy atom. The Bertz CT molecular complexity index is 825. The molecule has 0 unspecified atom stereocenters. The molecule has 0 N–H and O–H groups in total. The van der Waals surface area contributed by atoms with E-state index in [0.29, 0.717) is 23.3 Å². The zero-order valence-electron chi connectivity index (χ0n) is 15.4. The number of imide groups is 1. The largest absolute Gasteiger partial charge is 0.497 e. The number of likely N-dealkylation sites (tertiary alicyclic amines) is 1. The zero-order valence-corrected chi connectivity index (χ0v) is 15.4. The third kappa shape index (κ3) is 2.28. The molecule has 1 aliphatic heterocycles. The van der Waals surface area contributed by atoms with Gasteiger partial charge in [0.15, 0.2) is 0 Å². The van der Waals surface area contributed by atoms with Crippen molar-refractivity contribution in [2.24, 2.45) is 35.5 Å². The van der Waals surface area contributed by atoms with E-state index in [4.69, 9.17) is 4.74 Å². The number of carbonyl (C=O) groups is 3. The average Bonchev–Trinajstić information content (AvgIpc) is 3.46. The Morgan fingerprint density at radius 3 is 2.11 bits per heavy atom. The fourth-order valence-corrected chi connectivity index (χ4v) is 5.42. The van der Waals surface area contributed by atoms with E-state index in [2.05, 4.69) is 12.2 Å². The second-order valence-corrected chi connectivity index (χ2v) is 8.05. The van der Waals surface area contributed by atoms with E-state index in [1.54, 1.807) is 31.4 Å². The molecule has 1 heterocycles. The average molecular weight is 366 g/mol. The van der Waals surface area contributed by atoms with Crippen molar-refractivity contribution >= 4 is 23.4 Å². The quantitative estimate of drug-likeness (QED) is 0.604. The van der Waals surface area contributed by atoms with Crippen molar-refractivity contribution in [3.63, 3.8) is 0 Å². The fraction of sp³-hybridized carbons (Fsp3) is 0.476. The van der Waals surface area contributed by atoms with Gasteiger partial charge in [-0.25, -0.2) is 0 Å². The van der Waals surface area contributed by atoms with E-state index >= 15 is 0 Å². The molecule has 2 saturated carbocycles. The van der Waals surface area contributed by atoms with E-state index in [0.717, 1.165) is 6.42 Å². The van der Waals surface area contributed by atoms with Gasteiger partial charge in [0.2, 0.25) is 17.7 Å². The van der Waals surface area contributed by atoms with Crippen LogP contribution in [-0.2, 0) is 14.4 Å². The molecule has 27 heavy (non-hydrogen) atoms. The van der Waals surface area contributed by atoms with Crippen LogP contribution in [0.15, 0.2) is 36.4 Å². The second-order valence-electron chi connectivity index (χ2n) is 8.05. The van der Waals surface area contributed by atoms with E-state index in [1.165, 1.54) is 16.7 Å². The van der Waals surface area contributed by atoms with Crippen LogP contribution in [0.25, 0.3) is 0 Å². The van der Waals surface area contributed by atoms with Gasteiger partial charge < -0.3 is 4.74 Å². The first-order valence-electron chi connectivity index (χ1n) is 9.47. The summed E-state index contributed by atoms with van der Waals surface area (Å²) in [7, 11) is 1.58. The Kier molecular flexibility index (Phi) is 3.48. The van der Waals surface area contributed by atoms with Gasteiger partial charge in [-0.1, -0.05) is 12.2 Å². The Labute approximate surface area is 157 Å². The summed E-state index contributed by atoms with van der Waals surface area (Å²) >= 11 is 0. The molecule has 0 aromatic heterocycles. The van der Waals surface area contributed by atoms with Gasteiger partial charge in [0.1, 0.15) is 12.4 Å². The molecule has 6 nitrogen and oxygen atoms in total. The number of hydrogen-bond donors (Lipinski definition) is 0. The van der Waals surface area contributed by atoms with Gasteiger partial charge in [-0.15, -0.1) is 0 Å². The summed E-state index contributed by atoms with van der Waals surface area (Å²) in [6.07, 6.45) is 5.45. The number of ether oxygens (including phenoxy) is 1. The molecule has 140 valence electrons. The van der Waals surface area contributed by atoms with Gasteiger partial charge in [-0.3, -0.25) is 24.2 Å². The smallest absolute Gasteiger partial charge is 0.235 e. The van der Waals surface area contributed by atoms with Crippen LogP contribution < -0.4 is 9.64 Å². The van der Waals surface area contributed by atoms with Gasteiger partial charge in [-0.05, 0) is 54.4 Å². The van der Waals surface area contributed by atoms with Gasteiger partial charge in [0.25, 0.3) is 0 Å². The van der Waals surface area contributed by atoms with Crippen LogP contribution in [0.3, 0.4) is 0 Å². The maximum absolute atomic E-state index is 13.1. The molecule has 3 fully saturated rings. The normalized spacial score (nSPS) is 35.1. The second kappa shape index (κ2) is 5.68. The summed E-state index contributed by atoms with van der Waals surface area (Å²) < 4.78 is 5.16. The van der Waals surface area contributed by atoms with Gasteiger partial charge in [-0.2, -0.15) is 0 Å². The predicted octanol–water partition coefficient (Wildman–Crippen LogP) is 2.06. The molecule has 1 aromatic rings. The summed E-state index contributed by atoms with van der Waals surface area (Å²) in [4.78, 5) is 41.2. The third-order valence-corrected chi connectivity index (χ3v) is 6.80. The number of hydrogen-bond acceptors (Lipinski definition) is 4. The molecule has 2 bridgehead atoms. The number of allylic oxidation sites excluding steroid dienone is 2. The number of carbonyl (C=O) groups excluding carboxylic acids is 3. The van der Waals surface area contributed by atoms with Crippen molar-refractivity contribution < 1.29 is 19.1 Å². The first-order valence-corrected chi connectivity index (χ1v) is 9.47. The van der Waals surface area contributed by atoms with E-state index < -0.39 is 0 Å².